The average Bonchev–Trinajstić information content (AvgIpc) is 3.28. The van der Waals surface area contributed by atoms with Crippen LogP contribution in [0, 0.1) is 0 Å². The van der Waals surface area contributed by atoms with Gasteiger partial charge in [0.2, 0.25) is 0 Å². The number of fused-ring (bicyclic) bond motifs is 1. The van der Waals surface area contributed by atoms with Crippen molar-refractivity contribution in [3.05, 3.63) is 71.8 Å². The molecule has 2 aliphatic heterocycles. The maximum atomic E-state index is 6.03. The molecule has 0 spiro atoms. The summed E-state index contributed by atoms with van der Waals surface area (Å²) in [4.78, 5) is 0. The summed E-state index contributed by atoms with van der Waals surface area (Å²) in [5, 5.41) is 0. The van der Waals surface area contributed by atoms with Gasteiger partial charge in [-0.1, -0.05) is 60.7 Å². The van der Waals surface area contributed by atoms with Crippen LogP contribution in [0.15, 0.2) is 60.7 Å². The van der Waals surface area contributed by atoms with Crippen molar-refractivity contribution in [2.75, 3.05) is 6.61 Å². The van der Waals surface area contributed by atoms with E-state index in [0.29, 0.717) is 19.8 Å². The highest BCUT2D eigenvalue weighted by Crippen LogP contribution is 2.39. The molecule has 2 saturated heterocycles. The van der Waals surface area contributed by atoms with Crippen molar-refractivity contribution in [1.82, 2.24) is 0 Å². The van der Waals surface area contributed by atoms with E-state index in [1.807, 2.05) is 36.4 Å². The van der Waals surface area contributed by atoms with Gasteiger partial charge in [0.1, 0.15) is 18.3 Å². The van der Waals surface area contributed by atoms with Crippen LogP contribution in [0.3, 0.4) is 0 Å². The predicted molar refractivity (Wildman–Crippen MR) is 84.7 cm³/mol. The Bertz CT molecular complexity index is 616. The first kappa shape index (κ1) is 14.8. The van der Waals surface area contributed by atoms with E-state index in [4.69, 9.17) is 18.9 Å². The van der Waals surface area contributed by atoms with E-state index in [1.165, 1.54) is 0 Å². The Morgan fingerprint density at radius 3 is 2.13 bits per heavy atom. The molecule has 0 bridgehead atoms. The van der Waals surface area contributed by atoms with Crippen molar-refractivity contribution >= 4 is 0 Å². The fourth-order valence-electron chi connectivity index (χ4n) is 2.88. The lowest BCUT2D eigenvalue weighted by molar-refractivity contribution is -0.124. The molecule has 0 unspecified atom stereocenters. The highest BCUT2D eigenvalue weighted by Gasteiger charge is 2.58. The normalized spacial score (nSPS) is 28.5. The third kappa shape index (κ3) is 3.62. The van der Waals surface area contributed by atoms with Crippen LogP contribution >= 0.6 is 0 Å². The molecule has 4 rings (SSSR count). The molecule has 2 aromatic rings. The minimum absolute atomic E-state index is 0.0593. The molecule has 23 heavy (non-hydrogen) atoms. The summed E-state index contributed by atoms with van der Waals surface area (Å²) in [6, 6.07) is 20.3. The summed E-state index contributed by atoms with van der Waals surface area (Å²) < 4.78 is 23.1. The quantitative estimate of drug-likeness (QED) is 0.737. The minimum atomic E-state index is -0.110. The lowest BCUT2D eigenvalue weighted by Gasteiger charge is -2.21. The number of ether oxygens (including phenoxy) is 4. The highest BCUT2D eigenvalue weighted by atomic mass is 16.8. The van der Waals surface area contributed by atoms with Gasteiger partial charge in [0.25, 0.3) is 0 Å². The Balaban J connectivity index is 1.28. The van der Waals surface area contributed by atoms with Crippen molar-refractivity contribution in [3.8, 4) is 0 Å². The van der Waals surface area contributed by atoms with Crippen LogP contribution in [-0.2, 0) is 32.2 Å². The van der Waals surface area contributed by atoms with Gasteiger partial charge < -0.3 is 18.9 Å². The van der Waals surface area contributed by atoms with Crippen LogP contribution in [0.4, 0.5) is 0 Å². The molecule has 0 radical (unpaired) electrons. The third-order valence-corrected chi connectivity index (χ3v) is 4.16. The summed E-state index contributed by atoms with van der Waals surface area (Å²) in [6.45, 7) is 1.67. The van der Waals surface area contributed by atoms with Crippen LogP contribution in [0.5, 0.6) is 0 Å². The van der Waals surface area contributed by atoms with Gasteiger partial charge in [-0.25, -0.2) is 0 Å². The molecule has 0 amide bonds. The smallest absolute Gasteiger partial charge is 0.187 e. The molecule has 2 aromatic carbocycles. The van der Waals surface area contributed by atoms with Gasteiger partial charge >= 0.3 is 0 Å². The minimum Gasteiger partial charge on any atom is -0.374 e. The highest BCUT2D eigenvalue weighted by molar-refractivity contribution is 5.14. The second-order valence-corrected chi connectivity index (χ2v) is 5.91. The van der Waals surface area contributed by atoms with Crippen molar-refractivity contribution < 1.29 is 18.9 Å². The lowest BCUT2D eigenvalue weighted by atomic mass is 10.2. The number of hydrogen-bond acceptors (Lipinski definition) is 4. The van der Waals surface area contributed by atoms with Crippen LogP contribution in [0.1, 0.15) is 11.1 Å². The molecular formula is C19H20O4. The van der Waals surface area contributed by atoms with Crippen molar-refractivity contribution in [1.29, 1.82) is 0 Å². The van der Waals surface area contributed by atoms with Crippen LogP contribution in [0.2, 0.25) is 0 Å². The Morgan fingerprint density at radius 2 is 1.43 bits per heavy atom. The summed E-state index contributed by atoms with van der Waals surface area (Å²) in [7, 11) is 0. The van der Waals surface area contributed by atoms with Crippen LogP contribution in [-0.4, -0.2) is 31.2 Å². The maximum Gasteiger partial charge on any atom is 0.187 e. The summed E-state index contributed by atoms with van der Waals surface area (Å²) in [5.41, 5.74) is 2.31. The molecular weight excluding hydrogens is 292 g/mol. The fraction of sp³-hybridized carbons (Fsp3) is 0.368. The number of benzene rings is 2. The lowest BCUT2D eigenvalue weighted by Crippen LogP contribution is -2.34. The maximum absolute atomic E-state index is 6.03. The Hall–Kier alpha value is -1.72. The van der Waals surface area contributed by atoms with Crippen LogP contribution in [0.25, 0.3) is 0 Å². The number of epoxide rings is 1. The molecule has 2 aliphatic rings. The standard InChI is InChI=1S/C19H20O4/c1-3-7-14(8-4-1)11-20-13-16-17(18-19(22-16)23-18)21-12-15-9-5-2-6-10-15/h1-10,16-19H,11-13H2/t16-,17+,18+,19-/m1/s1. The van der Waals surface area contributed by atoms with E-state index in [9.17, 15) is 0 Å². The van der Waals surface area contributed by atoms with Gasteiger partial charge in [-0.3, -0.25) is 0 Å². The van der Waals surface area contributed by atoms with E-state index in [-0.39, 0.29) is 24.6 Å². The molecule has 4 atom stereocenters. The van der Waals surface area contributed by atoms with Crippen molar-refractivity contribution in [2.45, 2.75) is 37.8 Å². The second-order valence-electron chi connectivity index (χ2n) is 5.91. The van der Waals surface area contributed by atoms with E-state index >= 15 is 0 Å². The largest absolute Gasteiger partial charge is 0.374 e. The molecule has 2 heterocycles. The molecule has 0 aliphatic carbocycles. The first-order chi connectivity index (χ1) is 11.4. The number of hydrogen-bond donors (Lipinski definition) is 0. The average molecular weight is 312 g/mol. The SMILES string of the molecule is c1ccc(COC[C@H]2O[C@@H]3O[C@H]3[C@H]2OCc2ccccc2)cc1. The molecule has 2 fully saturated rings. The topological polar surface area (TPSA) is 40.2 Å². The zero-order chi connectivity index (χ0) is 15.5. The Labute approximate surface area is 135 Å². The summed E-state index contributed by atoms with van der Waals surface area (Å²) in [6.07, 6.45) is -0.174. The molecule has 4 heteroatoms. The van der Waals surface area contributed by atoms with Gasteiger partial charge in [0.05, 0.1) is 19.8 Å². The Morgan fingerprint density at radius 1 is 0.783 bits per heavy atom. The van der Waals surface area contributed by atoms with E-state index in [0.717, 1.165) is 11.1 Å². The number of rotatable bonds is 7. The van der Waals surface area contributed by atoms with Gasteiger partial charge in [-0.05, 0) is 11.1 Å². The van der Waals surface area contributed by atoms with E-state index < -0.39 is 0 Å². The van der Waals surface area contributed by atoms with Crippen molar-refractivity contribution in [3.63, 3.8) is 0 Å². The first-order valence-electron chi connectivity index (χ1n) is 7.98. The monoisotopic (exact) mass is 312 g/mol. The van der Waals surface area contributed by atoms with Gasteiger partial charge in [-0.15, -0.1) is 0 Å². The molecule has 120 valence electrons. The van der Waals surface area contributed by atoms with Gasteiger partial charge in [0, 0.05) is 0 Å². The predicted octanol–water partition coefficient (Wildman–Crippen LogP) is 2.91. The summed E-state index contributed by atoms with van der Waals surface area (Å²) in [5.74, 6) is 0. The zero-order valence-corrected chi connectivity index (χ0v) is 12.8. The first-order valence-corrected chi connectivity index (χ1v) is 7.98. The van der Waals surface area contributed by atoms with E-state index in [1.54, 1.807) is 0 Å². The van der Waals surface area contributed by atoms with Crippen LogP contribution < -0.4 is 0 Å². The Kier molecular flexibility index (Phi) is 4.39. The molecule has 0 saturated carbocycles. The molecule has 4 nitrogen and oxygen atoms in total. The zero-order valence-electron chi connectivity index (χ0n) is 12.8. The van der Waals surface area contributed by atoms with Gasteiger partial charge in [-0.2, -0.15) is 0 Å². The summed E-state index contributed by atoms with van der Waals surface area (Å²) >= 11 is 0. The molecule has 0 N–H and O–H groups in total. The fourth-order valence-corrected chi connectivity index (χ4v) is 2.88. The second kappa shape index (κ2) is 6.81. The third-order valence-electron chi connectivity index (χ3n) is 4.16. The molecule has 0 aromatic heterocycles. The van der Waals surface area contributed by atoms with Crippen molar-refractivity contribution in [2.24, 2.45) is 0 Å². The van der Waals surface area contributed by atoms with E-state index in [2.05, 4.69) is 24.3 Å². The van der Waals surface area contributed by atoms with Gasteiger partial charge in [0.15, 0.2) is 6.29 Å².